The second-order valence-electron chi connectivity index (χ2n) is 9.98. The molecule has 0 unspecified atom stereocenters. The molecule has 3 heterocycles. The van der Waals surface area contributed by atoms with Crippen LogP contribution in [0.25, 0.3) is 0 Å². The van der Waals surface area contributed by atoms with Crippen molar-refractivity contribution in [1.82, 2.24) is 19.8 Å². The van der Waals surface area contributed by atoms with Gasteiger partial charge in [-0.2, -0.15) is 0 Å². The Morgan fingerprint density at radius 2 is 1.95 bits per heavy atom. The Labute approximate surface area is 235 Å². The van der Waals surface area contributed by atoms with Crippen LogP contribution in [-0.2, 0) is 16.8 Å². The van der Waals surface area contributed by atoms with E-state index in [-0.39, 0.29) is 17.4 Å². The number of rotatable bonds is 5. The van der Waals surface area contributed by atoms with Crippen LogP contribution in [0.5, 0.6) is 0 Å². The number of fused-ring (bicyclic) bond motifs is 3. The summed E-state index contributed by atoms with van der Waals surface area (Å²) in [5.74, 6) is 0.681. The summed E-state index contributed by atoms with van der Waals surface area (Å²) in [5.41, 5.74) is 4.38. The number of nitrogens with zero attached hydrogens (tertiary/aromatic N) is 5. The zero-order valence-corrected chi connectivity index (χ0v) is 23.3. The summed E-state index contributed by atoms with van der Waals surface area (Å²) in [6.07, 6.45) is 4.57. The number of aromatic nitrogens is 2. The molecule has 1 aliphatic carbocycles. The van der Waals surface area contributed by atoms with E-state index in [2.05, 4.69) is 32.3 Å². The van der Waals surface area contributed by atoms with Gasteiger partial charge in [0.1, 0.15) is 5.03 Å². The first-order chi connectivity index (χ1) is 18.3. The molecule has 2 aromatic carbocycles. The van der Waals surface area contributed by atoms with Crippen LogP contribution in [0.4, 0.5) is 17.3 Å². The number of thioether (sulfide) groups is 1. The first-order valence-corrected chi connectivity index (χ1v) is 14.1. The van der Waals surface area contributed by atoms with E-state index in [1.54, 1.807) is 48.3 Å². The summed E-state index contributed by atoms with van der Waals surface area (Å²) in [5, 5.41) is 4.76. The molecule has 1 N–H and O–H groups in total. The third kappa shape index (κ3) is 4.41. The van der Waals surface area contributed by atoms with Crippen molar-refractivity contribution in [3.8, 4) is 0 Å². The molecule has 38 heavy (non-hydrogen) atoms. The van der Waals surface area contributed by atoms with E-state index in [4.69, 9.17) is 23.2 Å². The lowest BCUT2D eigenvalue weighted by molar-refractivity contribution is -0.130. The van der Waals surface area contributed by atoms with E-state index < -0.39 is 0 Å². The Bertz CT molecular complexity index is 1440. The van der Waals surface area contributed by atoms with Gasteiger partial charge in [-0.05, 0) is 54.7 Å². The van der Waals surface area contributed by atoms with Crippen LogP contribution in [0, 0.1) is 0 Å². The van der Waals surface area contributed by atoms with Gasteiger partial charge in [0.15, 0.2) is 0 Å². The van der Waals surface area contributed by atoms with Crippen LogP contribution >= 0.6 is 35.0 Å². The lowest BCUT2D eigenvalue weighted by Gasteiger charge is -2.38. The average Bonchev–Trinajstić information content (AvgIpc) is 3.68. The normalized spacial score (nSPS) is 17.7. The summed E-state index contributed by atoms with van der Waals surface area (Å²) < 4.78 is 0. The van der Waals surface area contributed by atoms with Crippen LogP contribution < -0.4 is 10.2 Å². The SMILES string of the molecule is CN(C)C(=O)CN1CCc2cc(Nc3ncc4c(n3)SCN(c3c(Cl)cccc3Cl)C4=O)ccc2C12CC2. The standard InChI is InChI=1S/C27H26Cl2N6O2S/c1-33(2)22(36)14-34-11-8-16-12-17(6-7-19(16)27(34)9-10-27)31-26-30-13-18-24(32-26)38-15-35(25(18)37)23-20(28)4-3-5-21(23)29/h3-7,12-13H,8-11,14-15H2,1-2H3,(H,30,31,32). The van der Waals surface area contributed by atoms with Crippen LogP contribution in [0.3, 0.4) is 0 Å². The molecule has 0 bridgehead atoms. The largest absolute Gasteiger partial charge is 0.348 e. The fourth-order valence-electron chi connectivity index (χ4n) is 5.27. The van der Waals surface area contributed by atoms with Crippen molar-refractivity contribution in [3.05, 3.63) is 69.3 Å². The second kappa shape index (κ2) is 9.72. The molecule has 2 amide bonds. The first-order valence-electron chi connectivity index (χ1n) is 12.4. The minimum Gasteiger partial charge on any atom is -0.348 e. The minimum atomic E-state index is -0.235. The van der Waals surface area contributed by atoms with Crippen molar-refractivity contribution in [3.63, 3.8) is 0 Å². The monoisotopic (exact) mass is 568 g/mol. The number of likely N-dealkylation sites (N-methyl/N-ethyl adjacent to an activating group) is 1. The van der Waals surface area contributed by atoms with Gasteiger partial charge in [0.05, 0.1) is 33.7 Å². The fourth-order valence-corrected chi connectivity index (χ4v) is 6.81. The van der Waals surface area contributed by atoms with Crippen LogP contribution in [0.1, 0.15) is 34.3 Å². The number of para-hydroxylation sites is 1. The second-order valence-corrected chi connectivity index (χ2v) is 11.7. The van der Waals surface area contributed by atoms with Gasteiger partial charge in [-0.3, -0.25) is 19.4 Å². The third-order valence-corrected chi connectivity index (χ3v) is 9.02. The van der Waals surface area contributed by atoms with Crippen molar-refractivity contribution in [2.45, 2.75) is 29.8 Å². The number of nitrogens with one attached hydrogen (secondary N) is 1. The van der Waals surface area contributed by atoms with Gasteiger partial charge in [0.25, 0.3) is 5.91 Å². The number of hydrogen-bond donors (Lipinski definition) is 1. The number of carbonyl (C=O) groups is 2. The zero-order chi connectivity index (χ0) is 26.6. The number of amides is 2. The summed E-state index contributed by atoms with van der Waals surface area (Å²) in [7, 11) is 3.61. The highest BCUT2D eigenvalue weighted by molar-refractivity contribution is 7.99. The maximum atomic E-state index is 13.2. The summed E-state index contributed by atoms with van der Waals surface area (Å²) in [6.45, 7) is 1.31. The van der Waals surface area contributed by atoms with Gasteiger partial charge in [0.2, 0.25) is 11.9 Å². The molecule has 1 saturated carbocycles. The number of carbonyl (C=O) groups excluding carboxylic acids is 2. The topological polar surface area (TPSA) is 81.7 Å². The number of hydrogen-bond acceptors (Lipinski definition) is 7. The third-order valence-electron chi connectivity index (χ3n) is 7.43. The van der Waals surface area contributed by atoms with Gasteiger partial charge in [0, 0.05) is 38.1 Å². The molecule has 1 fully saturated rings. The summed E-state index contributed by atoms with van der Waals surface area (Å²) >= 11 is 14.1. The molecule has 1 aromatic heterocycles. The van der Waals surface area contributed by atoms with Gasteiger partial charge >= 0.3 is 0 Å². The Morgan fingerprint density at radius 1 is 1.18 bits per heavy atom. The molecule has 3 aromatic rings. The molecule has 196 valence electrons. The Morgan fingerprint density at radius 3 is 2.66 bits per heavy atom. The van der Waals surface area contributed by atoms with E-state index in [0.29, 0.717) is 44.7 Å². The average molecular weight is 570 g/mol. The quantitative estimate of drug-likeness (QED) is 0.425. The van der Waals surface area contributed by atoms with E-state index >= 15 is 0 Å². The predicted molar refractivity (Wildman–Crippen MR) is 151 cm³/mol. The zero-order valence-electron chi connectivity index (χ0n) is 21.0. The van der Waals surface area contributed by atoms with E-state index in [1.165, 1.54) is 22.9 Å². The van der Waals surface area contributed by atoms with Crippen molar-refractivity contribution in [2.75, 3.05) is 43.3 Å². The minimum absolute atomic E-state index is 0.0203. The number of benzene rings is 2. The molecule has 3 aliphatic rings. The molecular weight excluding hydrogens is 543 g/mol. The summed E-state index contributed by atoms with van der Waals surface area (Å²) in [6, 6.07) is 11.5. The lowest BCUT2D eigenvalue weighted by Crippen LogP contribution is -2.46. The van der Waals surface area contributed by atoms with Crippen LogP contribution in [-0.4, -0.2) is 64.6 Å². The number of anilines is 3. The van der Waals surface area contributed by atoms with E-state index in [9.17, 15) is 9.59 Å². The molecule has 0 radical (unpaired) electrons. The summed E-state index contributed by atoms with van der Waals surface area (Å²) in [4.78, 5) is 40.2. The van der Waals surface area contributed by atoms with Crippen LogP contribution in [0.2, 0.25) is 10.0 Å². The molecule has 0 atom stereocenters. The highest BCUT2D eigenvalue weighted by atomic mass is 35.5. The van der Waals surface area contributed by atoms with Crippen molar-refractivity contribution < 1.29 is 9.59 Å². The fraction of sp³-hybridized carbons (Fsp3) is 0.333. The van der Waals surface area contributed by atoms with E-state index in [0.717, 1.165) is 31.5 Å². The first kappa shape index (κ1) is 25.4. The molecule has 6 rings (SSSR count). The van der Waals surface area contributed by atoms with Gasteiger partial charge in [-0.15, -0.1) is 0 Å². The maximum Gasteiger partial charge on any atom is 0.263 e. The van der Waals surface area contributed by atoms with Crippen molar-refractivity contribution >= 4 is 64.1 Å². The Kier molecular flexibility index (Phi) is 6.50. The lowest BCUT2D eigenvalue weighted by atomic mass is 9.90. The highest BCUT2D eigenvalue weighted by Gasteiger charge is 2.52. The van der Waals surface area contributed by atoms with Crippen molar-refractivity contribution in [1.29, 1.82) is 0 Å². The van der Waals surface area contributed by atoms with Gasteiger partial charge < -0.3 is 10.2 Å². The maximum absolute atomic E-state index is 13.2. The molecule has 8 nitrogen and oxygen atoms in total. The van der Waals surface area contributed by atoms with Gasteiger partial charge in [-0.1, -0.05) is 47.1 Å². The predicted octanol–water partition coefficient (Wildman–Crippen LogP) is 5.17. The van der Waals surface area contributed by atoms with Crippen molar-refractivity contribution in [2.24, 2.45) is 0 Å². The number of halogens is 2. The Hall–Kier alpha value is -2.85. The molecule has 0 saturated heterocycles. The Balaban J connectivity index is 1.20. The molecule has 1 spiro atoms. The molecular formula is C27H26Cl2N6O2S. The molecule has 2 aliphatic heterocycles. The van der Waals surface area contributed by atoms with Crippen LogP contribution in [0.15, 0.2) is 47.6 Å². The van der Waals surface area contributed by atoms with Gasteiger partial charge in [-0.25, -0.2) is 9.97 Å². The van der Waals surface area contributed by atoms with E-state index in [1.807, 2.05) is 6.07 Å². The smallest absolute Gasteiger partial charge is 0.263 e. The molecule has 11 heteroatoms. The highest BCUT2D eigenvalue weighted by Crippen LogP contribution is 2.54.